The SMILES string of the molecule is CCNC(=O)Nc1cn2nc(N3CC[C@H](N)C3)ccc2n1. The standard InChI is InChI=1S/C13H19N7O/c1-2-15-13(21)17-10-8-20-11(16-10)3-4-12(18-20)19-6-5-9(14)7-19/h3-4,8-9H,2,5-7,14H2,1H3,(H2,15,17,21)/t9-/m0/s1. The van der Waals surface area contributed by atoms with Gasteiger partial charge in [0.2, 0.25) is 0 Å². The summed E-state index contributed by atoms with van der Waals surface area (Å²) < 4.78 is 1.67. The van der Waals surface area contributed by atoms with Gasteiger partial charge in [-0.2, -0.15) is 0 Å². The molecule has 2 aromatic rings. The summed E-state index contributed by atoms with van der Waals surface area (Å²) in [4.78, 5) is 17.9. The van der Waals surface area contributed by atoms with Crippen molar-refractivity contribution in [1.29, 1.82) is 0 Å². The van der Waals surface area contributed by atoms with Crippen LogP contribution in [-0.2, 0) is 0 Å². The zero-order valence-corrected chi connectivity index (χ0v) is 11.9. The second kappa shape index (κ2) is 5.57. The lowest BCUT2D eigenvalue weighted by Gasteiger charge is -2.16. The maximum atomic E-state index is 11.5. The molecule has 4 N–H and O–H groups in total. The van der Waals surface area contributed by atoms with E-state index >= 15 is 0 Å². The lowest BCUT2D eigenvalue weighted by Crippen LogP contribution is -2.28. The quantitative estimate of drug-likeness (QED) is 0.759. The Morgan fingerprint density at radius 3 is 3.10 bits per heavy atom. The summed E-state index contributed by atoms with van der Waals surface area (Å²) in [6.45, 7) is 4.16. The van der Waals surface area contributed by atoms with Gasteiger partial charge in [-0.15, -0.1) is 5.10 Å². The number of nitrogens with zero attached hydrogens (tertiary/aromatic N) is 4. The van der Waals surface area contributed by atoms with Crippen LogP contribution in [0.15, 0.2) is 18.3 Å². The van der Waals surface area contributed by atoms with Crippen LogP contribution >= 0.6 is 0 Å². The average Bonchev–Trinajstić information content (AvgIpc) is 3.03. The van der Waals surface area contributed by atoms with Gasteiger partial charge in [0.25, 0.3) is 0 Å². The minimum Gasteiger partial charge on any atom is -0.354 e. The molecular formula is C13H19N7O. The average molecular weight is 289 g/mol. The van der Waals surface area contributed by atoms with E-state index < -0.39 is 0 Å². The van der Waals surface area contributed by atoms with Crippen molar-refractivity contribution in [2.75, 3.05) is 29.9 Å². The van der Waals surface area contributed by atoms with Crippen LogP contribution in [0.2, 0.25) is 0 Å². The highest BCUT2D eigenvalue weighted by atomic mass is 16.2. The molecule has 8 nitrogen and oxygen atoms in total. The van der Waals surface area contributed by atoms with Gasteiger partial charge in [-0.25, -0.2) is 14.3 Å². The van der Waals surface area contributed by atoms with Crippen molar-refractivity contribution in [1.82, 2.24) is 19.9 Å². The highest BCUT2D eigenvalue weighted by Crippen LogP contribution is 2.18. The molecule has 0 radical (unpaired) electrons. The van der Waals surface area contributed by atoms with Crippen molar-refractivity contribution in [2.45, 2.75) is 19.4 Å². The number of carbonyl (C=O) groups is 1. The number of nitrogens with two attached hydrogens (primary N) is 1. The number of urea groups is 1. The van der Waals surface area contributed by atoms with Crippen molar-refractivity contribution in [3.63, 3.8) is 0 Å². The molecule has 2 aromatic heterocycles. The predicted molar refractivity (Wildman–Crippen MR) is 80.5 cm³/mol. The van der Waals surface area contributed by atoms with Gasteiger partial charge >= 0.3 is 6.03 Å². The van der Waals surface area contributed by atoms with Gasteiger partial charge in [-0.3, -0.25) is 5.32 Å². The Morgan fingerprint density at radius 2 is 2.38 bits per heavy atom. The fourth-order valence-electron chi connectivity index (χ4n) is 2.42. The van der Waals surface area contributed by atoms with E-state index in [9.17, 15) is 4.79 Å². The van der Waals surface area contributed by atoms with E-state index in [1.165, 1.54) is 0 Å². The summed E-state index contributed by atoms with van der Waals surface area (Å²) in [6.07, 6.45) is 2.68. The Labute approximate surface area is 122 Å². The zero-order chi connectivity index (χ0) is 14.8. The van der Waals surface area contributed by atoms with Gasteiger partial charge in [-0.1, -0.05) is 0 Å². The van der Waals surface area contributed by atoms with Crippen LogP contribution in [0.5, 0.6) is 0 Å². The number of nitrogens with one attached hydrogen (secondary N) is 2. The van der Waals surface area contributed by atoms with E-state index in [2.05, 4.69) is 25.6 Å². The third kappa shape index (κ3) is 2.89. The van der Waals surface area contributed by atoms with Crippen molar-refractivity contribution in [3.05, 3.63) is 18.3 Å². The van der Waals surface area contributed by atoms with E-state index in [1.807, 2.05) is 19.1 Å². The second-order valence-electron chi connectivity index (χ2n) is 5.10. The molecule has 0 spiro atoms. The van der Waals surface area contributed by atoms with Crippen LogP contribution in [0.25, 0.3) is 5.65 Å². The van der Waals surface area contributed by atoms with Crippen molar-refractivity contribution in [2.24, 2.45) is 5.73 Å². The molecule has 0 aliphatic carbocycles. The van der Waals surface area contributed by atoms with Crippen LogP contribution in [-0.4, -0.2) is 46.3 Å². The summed E-state index contributed by atoms with van der Waals surface area (Å²) >= 11 is 0. The number of hydrogen-bond donors (Lipinski definition) is 3. The summed E-state index contributed by atoms with van der Waals surface area (Å²) in [7, 11) is 0. The van der Waals surface area contributed by atoms with E-state index in [4.69, 9.17) is 5.73 Å². The number of rotatable bonds is 3. The lowest BCUT2D eigenvalue weighted by molar-refractivity contribution is 0.252. The summed E-state index contributed by atoms with van der Waals surface area (Å²) in [5.41, 5.74) is 6.61. The molecule has 8 heteroatoms. The van der Waals surface area contributed by atoms with Crippen LogP contribution in [0, 0.1) is 0 Å². The monoisotopic (exact) mass is 289 g/mol. The zero-order valence-electron chi connectivity index (χ0n) is 11.9. The first-order valence-corrected chi connectivity index (χ1v) is 7.07. The van der Waals surface area contributed by atoms with Crippen molar-refractivity contribution in [3.8, 4) is 0 Å². The van der Waals surface area contributed by atoms with Crippen LogP contribution in [0.3, 0.4) is 0 Å². The molecule has 0 saturated carbocycles. The number of amides is 2. The highest BCUT2D eigenvalue weighted by molar-refractivity contribution is 5.88. The predicted octanol–water partition coefficient (Wildman–Crippen LogP) is 0.408. The summed E-state index contributed by atoms with van der Waals surface area (Å²) in [5.74, 6) is 1.35. The Kier molecular flexibility index (Phi) is 3.61. The topological polar surface area (TPSA) is 101 Å². The molecule has 3 rings (SSSR count). The minimum absolute atomic E-state index is 0.209. The van der Waals surface area contributed by atoms with Gasteiger partial charge < -0.3 is 16.0 Å². The maximum absolute atomic E-state index is 11.5. The third-order valence-corrected chi connectivity index (χ3v) is 3.43. The van der Waals surface area contributed by atoms with Gasteiger partial charge in [0, 0.05) is 25.7 Å². The fourth-order valence-corrected chi connectivity index (χ4v) is 2.42. The highest BCUT2D eigenvalue weighted by Gasteiger charge is 2.20. The molecule has 0 unspecified atom stereocenters. The number of fused-ring (bicyclic) bond motifs is 1. The second-order valence-corrected chi connectivity index (χ2v) is 5.10. The molecule has 1 fully saturated rings. The van der Waals surface area contributed by atoms with Gasteiger partial charge in [0.05, 0.1) is 6.20 Å². The first-order valence-electron chi connectivity index (χ1n) is 7.07. The van der Waals surface area contributed by atoms with E-state index in [0.29, 0.717) is 18.0 Å². The van der Waals surface area contributed by atoms with Gasteiger partial charge in [0.15, 0.2) is 11.5 Å². The molecule has 1 atom stereocenters. The lowest BCUT2D eigenvalue weighted by atomic mass is 10.3. The molecule has 0 aromatic carbocycles. The molecule has 21 heavy (non-hydrogen) atoms. The number of aromatic nitrogens is 3. The van der Waals surface area contributed by atoms with Crippen molar-refractivity contribution >= 4 is 23.3 Å². The van der Waals surface area contributed by atoms with E-state index in [0.717, 1.165) is 25.3 Å². The molecule has 0 bridgehead atoms. The summed E-state index contributed by atoms with van der Waals surface area (Å²) in [5, 5.41) is 9.85. The van der Waals surface area contributed by atoms with Crippen LogP contribution in [0.4, 0.5) is 16.4 Å². The Balaban J connectivity index is 1.80. The van der Waals surface area contributed by atoms with Crippen molar-refractivity contribution < 1.29 is 4.79 Å². The van der Waals surface area contributed by atoms with Gasteiger partial charge in [0.1, 0.15) is 5.82 Å². The Bertz CT molecular complexity index is 653. The third-order valence-electron chi connectivity index (χ3n) is 3.43. The summed E-state index contributed by atoms with van der Waals surface area (Å²) in [6, 6.07) is 3.75. The molecule has 1 aliphatic rings. The van der Waals surface area contributed by atoms with Crippen LogP contribution in [0.1, 0.15) is 13.3 Å². The maximum Gasteiger partial charge on any atom is 0.320 e. The van der Waals surface area contributed by atoms with E-state index in [1.54, 1.807) is 10.7 Å². The largest absolute Gasteiger partial charge is 0.354 e. The minimum atomic E-state index is -0.272. The van der Waals surface area contributed by atoms with E-state index in [-0.39, 0.29) is 12.1 Å². The molecular weight excluding hydrogens is 270 g/mol. The number of imidazole rings is 1. The number of anilines is 2. The fraction of sp³-hybridized carbons (Fsp3) is 0.462. The first-order chi connectivity index (χ1) is 10.2. The molecule has 3 heterocycles. The Morgan fingerprint density at radius 1 is 1.52 bits per heavy atom. The molecule has 1 saturated heterocycles. The van der Waals surface area contributed by atoms with Gasteiger partial charge in [-0.05, 0) is 25.5 Å². The molecule has 1 aliphatic heterocycles. The smallest absolute Gasteiger partial charge is 0.320 e. The first kappa shape index (κ1) is 13.6. The Hall–Kier alpha value is -2.35. The number of carbonyl (C=O) groups excluding carboxylic acids is 1. The molecule has 112 valence electrons. The van der Waals surface area contributed by atoms with Crippen LogP contribution < -0.4 is 21.3 Å². The number of hydrogen-bond acceptors (Lipinski definition) is 5. The molecule has 2 amide bonds. The normalized spacial score (nSPS) is 18.2.